The highest BCUT2D eigenvalue weighted by Crippen LogP contribution is 2.46. The molecule has 1 aliphatic heterocycles. The molecule has 6 heteroatoms. The number of piperazine rings is 1. The molecule has 0 aromatic heterocycles. The molecule has 140 valence electrons. The number of halogens is 1. The first-order chi connectivity index (χ1) is 11.0. The second-order valence-electron chi connectivity index (χ2n) is 8.02. The number of aliphatic imine (C=N–C) groups is 1. The third-order valence-electron chi connectivity index (χ3n) is 6.38. The van der Waals surface area contributed by atoms with Gasteiger partial charge in [-0.2, -0.15) is 0 Å². The van der Waals surface area contributed by atoms with E-state index in [1.165, 1.54) is 25.7 Å². The third-order valence-corrected chi connectivity index (χ3v) is 6.38. The predicted octanol–water partition coefficient (Wildman–Crippen LogP) is 2.15. The van der Waals surface area contributed by atoms with E-state index in [-0.39, 0.29) is 24.0 Å². The average Bonchev–Trinajstić information content (AvgIpc) is 3.19. The van der Waals surface area contributed by atoms with E-state index in [0.29, 0.717) is 6.54 Å². The summed E-state index contributed by atoms with van der Waals surface area (Å²) >= 11 is 0. The first-order valence-corrected chi connectivity index (χ1v) is 9.44. The van der Waals surface area contributed by atoms with Gasteiger partial charge in [0.25, 0.3) is 0 Å². The van der Waals surface area contributed by atoms with Crippen LogP contribution in [0.4, 0.5) is 0 Å². The minimum absolute atomic E-state index is 0. The van der Waals surface area contributed by atoms with Gasteiger partial charge in [0.1, 0.15) is 0 Å². The van der Waals surface area contributed by atoms with Crippen molar-refractivity contribution in [3.8, 4) is 0 Å². The smallest absolute Gasteiger partial charge is 0.193 e. The Morgan fingerprint density at radius 3 is 2.42 bits per heavy atom. The fraction of sp³-hybridized carbons (Fsp3) is 0.944. The quantitative estimate of drug-likeness (QED) is 0.392. The molecule has 5 nitrogen and oxygen atoms in total. The van der Waals surface area contributed by atoms with E-state index in [0.717, 1.165) is 56.4 Å². The number of hydrogen-bond donors (Lipinski definition) is 2. The summed E-state index contributed by atoms with van der Waals surface area (Å²) in [4.78, 5) is 9.49. The summed E-state index contributed by atoms with van der Waals surface area (Å²) < 4.78 is 0. The van der Waals surface area contributed by atoms with E-state index in [1.54, 1.807) is 0 Å². The Morgan fingerprint density at radius 2 is 1.92 bits per heavy atom. The van der Waals surface area contributed by atoms with E-state index in [1.807, 2.05) is 20.9 Å². The molecular formula is C18H35IN4O. The van der Waals surface area contributed by atoms with Gasteiger partial charge in [0.2, 0.25) is 0 Å². The summed E-state index contributed by atoms with van der Waals surface area (Å²) in [6.07, 6.45) is 6.62. The van der Waals surface area contributed by atoms with Crippen LogP contribution in [0.1, 0.15) is 46.0 Å². The average molecular weight is 450 g/mol. The predicted molar refractivity (Wildman–Crippen MR) is 110 cm³/mol. The number of fused-ring (bicyclic) bond motifs is 2. The minimum atomic E-state index is -0.666. The number of nitrogens with zero attached hydrogens (tertiary/aromatic N) is 3. The lowest BCUT2D eigenvalue weighted by atomic mass is 9.93. The second kappa shape index (κ2) is 8.54. The summed E-state index contributed by atoms with van der Waals surface area (Å²) in [6.45, 7) is 8.84. The van der Waals surface area contributed by atoms with Crippen molar-refractivity contribution in [2.75, 3.05) is 39.8 Å². The molecule has 3 aliphatic rings. The van der Waals surface area contributed by atoms with Crippen LogP contribution in [0.15, 0.2) is 4.99 Å². The van der Waals surface area contributed by atoms with E-state index < -0.39 is 5.60 Å². The van der Waals surface area contributed by atoms with Crippen molar-refractivity contribution in [2.45, 2.75) is 57.6 Å². The van der Waals surface area contributed by atoms with Crippen LogP contribution in [0, 0.1) is 11.8 Å². The molecule has 2 aliphatic carbocycles. The van der Waals surface area contributed by atoms with Crippen molar-refractivity contribution in [1.82, 2.24) is 15.1 Å². The number of hydrogen-bond acceptors (Lipinski definition) is 3. The summed E-state index contributed by atoms with van der Waals surface area (Å²) in [5.41, 5.74) is -0.666. The van der Waals surface area contributed by atoms with Gasteiger partial charge in [-0.1, -0.05) is 13.3 Å². The maximum atomic E-state index is 10.2. The normalized spacial score (nSPS) is 33.2. The van der Waals surface area contributed by atoms with E-state index in [4.69, 9.17) is 0 Å². The number of guanidine groups is 1. The Balaban J connectivity index is 0.00000208. The largest absolute Gasteiger partial charge is 0.388 e. The van der Waals surface area contributed by atoms with Gasteiger partial charge in [0.15, 0.2) is 5.96 Å². The molecule has 4 atom stereocenters. The molecule has 24 heavy (non-hydrogen) atoms. The zero-order chi connectivity index (χ0) is 16.4. The Morgan fingerprint density at radius 1 is 1.21 bits per heavy atom. The lowest BCUT2D eigenvalue weighted by Crippen LogP contribution is -2.56. The standard InChI is InChI=1S/C18H34N4O.HI/c1-4-18(2,23)13-20-17(19-3)22-9-7-21(8-10-22)16-12-14-5-6-15(16)11-14;/h14-16,23H,4-13H2,1-3H3,(H,19,20);1H. The summed E-state index contributed by atoms with van der Waals surface area (Å²) in [7, 11) is 1.84. The van der Waals surface area contributed by atoms with Crippen molar-refractivity contribution >= 4 is 29.9 Å². The Kier molecular flexibility index (Phi) is 7.20. The first kappa shape index (κ1) is 20.2. The Bertz CT molecular complexity index is 435. The monoisotopic (exact) mass is 450 g/mol. The van der Waals surface area contributed by atoms with Crippen LogP contribution < -0.4 is 5.32 Å². The molecule has 2 N–H and O–H groups in total. The molecule has 3 rings (SSSR count). The number of nitrogens with one attached hydrogen (secondary N) is 1. The summed E-state index contributed by atoms with van der Waals surface area (Å²) in [6, 6.07) is 0.853. The molecule has 0 spiro atoms. The van der Waals surface area contributed by atoms with E-state index in [2.05, 4.69) is 20.1 Å². The number of aliphatic hydroxyl groups is 1. The zero-order valence-corrected chi connectivity index (χ0v) is 17.8. The van der Waals surface area contributed by atoms with Crippen LogP contribution in [0.25, 0.3) is 0 Å². The van der Waals surface area contributed by atoms with Crippen LogP contribution >= 0.6 is 24.0 Å². The maximum absolute atomic E-state index is 10.2. The molecule has 0 aromatic rings. The van der Waals surface area contributed by atoms with Gasteiger partial charge in [0, 0.05) is 45.8 Å². The van der Waals surface area contributed by atoms with Gasteiger partial charge in [-0.25, -0.2) is 0 Å². The van der Waals surface area contributed by atoms with Crippen molar-refractivity contribution in [1.29, 1.82) is 0 Å². The molecular weight excluding hydrogens is 415 g/mol. The molecule has 1 heterocycles. The molecule has 0 radical (unpaired) electrons. The number of rotatable bonds is 4. The lowest BCUT2D eigenvalue weighted by Gasteiger charge is -2.42. The SMILES string of the molecule is CCC(C)(O)CNC(=NC)N1CCN(C2CC3CCC2C3)CC1.I. The van der Waals surface area contributed by atoms with Crippen LogP contribution in [0.2, 0.25) is 0 Å². The minimum Gasteiger partial charge on any atom is -0.388 e. The fourth-order valence-electron chi connectivity index (χ4n) is 4.65. The highest BCUT2D eigenvalue weighted by atomic mass is 127. The van der Waals surface area contributed by atoms with Gasteiger partial charge < -0.3 is 15.3 Å². The van der Waals surface area contributed by atoms with Gasteiger partial charge in [-0.05, 0) is 44.4 Å². The van der Waals surface area contributed by atoms with Crippen molar-refractivity contribution in [3.05, 3.63) is 0 Å². The van der Waals surface area contributed by atoms with Gasteiger partial charge in [-0.15, -0.1) is 24.0 Å². The van der Waals surface area contributed by atoms with Gasteiger partial charge in [0.05, 0.1) is 5.60 Å². The highest BCUT2D eigenvalue weighted by Gasteiger charge is 2.42. The zero-order valence-electron chi connectivity index (χ0n) is 15.5. The van der Waals surface area contributed by atoms with Gasteiger partial charge >= 0.3 is 0 Å². The molecule has 2 bridgehead atoms. The Hall–Kier alpha value is -0.0800. The van der Waals surface area contributed by atoms with Crippen LogP contribution in [-0.2, 0) is 0 Å². The van der Waals surface area contributed by atoms with E-state index in [9.17, 15) is 5.11 Å². The first-order valence-electron chi connectivity index (χ1n) is 9.44. The molecule has 4 unspecified atom stereocenters. The van der Waals surface area contributed by atoms with Crippen LogP contribution in [0.5, 0.6) is 0 Å². The van der Waals surface area contributed by atoms with Crippen molar-refractivity contribution in [2.24, 2.45) is 16.8 Å². The summed E-state index contributed by atoms with van der Waals surface area (Å²) in [5, 5.41) is 13.5. The Labute approximate surface area is 164 Å². The lowest BCUT2D eigenvalue weighted by molar-refractivity contribution is 0.0583. The molecule has 1 saturated heterocycles. The van der Waals surface area contributed by atoms with Crippen molar-refractivity contribution in [3.63, 3.8) is 0 Å². The molecule has 3 fully saturated rings. The fourth-order valence-corrected chi connectivity index (χ4v) is 4.65. The van der Waals surface area contributed by atoms with Crippen LogP contribution in [0.3, 0.4) is 0 Å². The molecule has 2 saturated carbocycles. The molecule has 0 amide bonds. The van der Waals surface area contributed by atoms with Crippen molar-refractivity contribution < 1.29 is 5.11 Å². The topological polar surface area (TPSA) is 51.1 Å². The summed E-state index contributed by atoms with van der Waals surface area (Å²) in [5.74, 6) is 2.93. The maximum Gasteiger partial charge on any atom is 0.193 e. The van der Waals surface area contributed by atoms with E-state index >= 15 is 0 Å². The van der Waals surface area contributed by atoms with Gasteiger partial charge in [-0.3, -0.25) is 9.89 Å². The second-order valence-corrected chi connectivity index (χ2v) is 8.02. The third kappa shape index (κ3) is 4.55. The molecule has 0 aromatic carbocycles. The highest BCUT2D eigenvalue weighted by molar-refractivity contribution is 14.0. The van der Waals surface area contributed by atoms with Crippen LogP contribution in [-0.4, -0.2) is 72.3 Å².